The topological polar surface area (TPSA) is 58.6 Å². The molecule has 4 nitrogen and oxygen atoms in total. The van der Waals surface area contributed by atoms with Crippen molar-refractivity contribution in [3.8, 4) is 0 Å². The fraction of sp³-hybridized carbons (Fsp3) is 0.667. The van der Waals surface area contributed by atoms with Crippen LogP contribution in [-0.4, -0.2) is 29.8 Å². The number of carbonyl (C=O) groups excluding carboxylic acids is 1. The number of ether oxygens (including phenoxy) is 1. The molecule has 0 aromatic heterocycles. The van der Waals surface area contributed by atoms with Crippen LogP contribution in [0.1, 0.15) is 19.3 Å². The third-order valence-electron chi connectivity index (χ3n) is 2.56. The van der Waals surface area contributed by atoms with Crippen molar-refractivity contribution < 1.29 is 14.6 Å². The molecular formula is C9H13NO3. The Balaban J connectivity index is 1.84. The van der Waals surface area contributed by atoms with Crippen LogP contribution in [0.3, 0.4) is 0 Å². The quantitative estimate of drug-likeness (QED) is 0.630. The summed E-state index contributed by atoms with van der Waals surface area (Å²) in [7, 11) is 0. The molecule has 1 fully saturated rings. The van der Waals surface area contributed by atoms with E-state index >= 15 is 0 Å². The highest BCUT2D eigenvalue weighted by Gasteiger charge is 2.31. The summed E-state index contributed by atoms with van der Waals surface area (Å²) in [6, 6.07) is -0.0472. The third kappa shape index (κ3) is 1.67. The molecule has 0 bridgehead atoms. The minimum Gasteiger partial charge on any atom is -0.500 e. The largest absolute Gasteiger partial charge is 0.500 e. The number of hydrogen-bond acceptors (Lipinski definition) is 3. The van der Waals surface area contributed by atoms with Crippen LogP contribution < -0.4 is 5.32 Å². The number of carbonyl (C=O) groups is 1. The zero-order chi connectivity index (χ0) is 9.26. The van der Waals surface area contributed by atoms with Crippen molar-refractivity contribution in [2.24, 2.45) is 0 Å². The minimum atomic E-state index is -0.355. The molecule has 0 unspecified atom stereocenters. The molecule has 2 N–H and O–H groups in total. The highest BCUT2D eigenvalue weighted by atomic mass is 16.5. The normalized spacial score (nSPS) is 31.6. The molecule has 1 aliphatic heterocycles. The Morgan fingerprint density at radius 3 is 2.92 bits per heavy atom. The molecule has 0 saturated heterocycles. The molecule has 4 heteroatoms. The summed E-state index contributed by atoms with van der Waals surface area (Å²) in [6.07, 6.45) is 3.49. The molecule has 13 heavy (non-hydrogen) atoms. The summed E-state index contributed by atoms with van der Waals surface area (Å²) in [4.78, 5) is 11.4. The van der Waals surface area contributed by atoms with Crippen LogP contribution in [0.25, 0.3) is 0 Å². The molecule has 0 spiro atoms. The van der Waals surface area contributed by atoms with Gasteiger partial charge in [0.25, 0.3) is 5.91 Å². The number of aliphatic hydroxyl groups is 1. The number of rotatable bonds is 2. The first-order chi connectivity index (χ1) is 6.27. The SMILES string of the molecule is O=C(N[C@@H]1CC[C@H]1O)C1=COCC1. The molecule has 0 aromatic rings. The maximum absolute atomic E-state index is 11.4. The van der Waals surface area contributed by atoms with Gasteiger partial charge in [-0.3, -0.25) is 4.79 Å². The zero-order valence-corrected chi connectivity index (χ0v) is 7.32. The van der Waals surface area contributed by atoms with Crippen LogP contribution >= 0.6 is 0 Å². The van der Waals surface area contributed by atoms with Crippen LogP contribution in [0.4, 0.5) is 0 Å². The van der Waals surface area contributed by atoms with Crippen LogP contribution in [0, 0.1) is 0 Å². The molecular weight excluding hydrogens is 170 g/mol. The summed E-state index contributed by atoms with van der Waals surface area (Å²) >= 11 is 0. The lowest BCUT2D eigenvalue weighted by Crippen LogP contribution is -2.50. The molecule has 72 valence electrons. The molecule has 1 saturated carbocycles. The molecule has 0 radical (unpaired) electrons. The Morgan fingerprint density at radius 1 is 1.62 bits per heavy atom. The monoisotopic (exact) mass is 183 g/mol. The van der Waals surface area contributed by atoms with Gasteiger partial charge in [0.2, 0.25) is 0 Å². The van der Waals surface area contributed by atoms with Crippen molar-refractivity contribution in [2.75, 3.05) is 6.61 Å². The number of aliphatic hydroxyl groups excluding tert-OH is 1. The van der Waals surface area contributed by atoms with Crippen molar-refractivity contribution in [1.82, 2.24) is 5.32 Å². The van der Waals surface area contributed by atoms with E-state index in [9.17, 15) is 9.90 Å². The Morgan fingerprint density at radius 2 is 2.46 bits per heavy atom. The smallest absolute Gasteiger partial charge is 0.250 e. The van der Waals surface area contributed by atoms with Gasteiger partial charge in [0, 0.05) is 6.42 Å². The van der Waals surface area contributed by atoms with Gasteiger partial charge in [-0.2, -0.15) is 0 Å². The van der Waals surface area contributed by atoms with E-state index in [1.54, 1.807) is 0 Å². The van der Waals surface area contributed by atoms with Gasteiger partial charge in [0.1, 0.15) is 0 Å². The first kappa shape index (κ1) is 8.56. The number of hydrogen-bond donors (Lipinski definition) is 2. The van der Waals surface area contributed by atoms with E-state index < -0.39 is 0 Å². The van der Waals surface area contributed by atoms with Gasteiger partial charge in [-0.15, -0.1) is 0 Å². The van der Waals surface area contributed by atoms with E-state index in [-0.39, 0.29) is 18.1 Å². The standard InChI is InChI=1S/C9H13NO3/c11-8-2-1-7(8)10-9(12)6-3-4-13-5-6/h5,7-8,11H,1-4H2,(H,10,12)/t7-,8-/m1/s1. The van der Waals surface area contributed by atoms with Crippen molar-refractivity contribution >= 4 is 5.91 Å². The first-order valence-corrected chi connectivity index (χ1v) is 4.57. The highest BCUT2D eigenvalue weighted by Crippen LogP contribution is 2.20. The Kier molecular flexibility index (Phi) is 2.22. The highest BCUT2D eigenvalue weighted by molar-refractivity contribution is 5.93. The Labute approximate surface area is 76.6 Å². The van der Waals surface area contributed by atoms with Crippen molar-refractivity contribution in [1.29, 1.82) is 0 Å². The van der Waals surface area contributed by atoms with Gasteiger partial charge < -0.3 is 15.2 Å². The fourth-order valence-corrected chi connectivity index (χ4v) is 1.47. The van der Waals surface area contributed by atoms with Crippen molar-refractivity contribution in [2.45, 2.75) is 31.4 Å². The van der Waals surface area contributed by atoms with Crippen LogP contribution in [0.2, 0.25) is 0 Å². The number of amides is 1. The first-order valence-electron chi connectivity index (χ1n) is 4.57. The second-order valence-corrected chi connectivity index (χ2v) is 3.49. The maximum Gasteiger partial charge on any atom is 0.250 e. The molecule has 1 heterocycles. The lowest BCUT2D eigenvalue weighted by atomic mass is 9.89. The average molecular weight is 183 g/mol. The van der Waals surface area contributed by atoms with Crippen LogP contribution in [0.5, 0.6) is 0 Å². The average Bonchev–Trinajstić information content (AvgIpc) is 2.64. The van der Waals surface area contributed by atoms with Crippen LogP contribution in [0.15, 0.2) is 11.8 Å². The minimum absolute atomic E-state index is 0.0472. The number of nitrogens with one attached hydrogen (secondary N) is 1. The van der Waals surface area contributed by atoms with Crippen molar-refractivity contribution in [3.63, 3.8) is 0 Å². The van der Waals surface area contributed by atoms with Gasteiger partial charge in [0.05, 0.1) is 30.6 Å². The summed E-state index contributed by atoms with van der Waals surface area (Å²) in [5.41, 5.74) is 0.680. The second kappa shape index (κ2) is 3.38. The summed E-state index contributed by atoms with van der Waals surface area (Å²) in [5.74, 6) is -0.0961. The van der Waals surface area contributed by atoms with Crippen LogP contribution in [-0.2, 0) is 9.53 Å². The van der Waals surface area contributed by atoms with Gasteiger partial charge in [-0.05, 0) is 12.8 Å². The summed E-state index contributed by atoms with van der Waals surface area (Å²) in [5, 5.41) is 12.0. The zero-order valence-electron chi connectivity index (χ0n) is 7.32. The van der Waals surface area contributed by atoms with Gasteiger partial charge in [-0.25, -0.2) is 0 Å². The summed E-state index contributed by atoms with van der Waals surface area (Å²) < 4.78 is 4.95. The third-order valence-corrected chi connectivity index (χ3v) is 2.56. The predicted octanol–water partition coefficient (Wildman–Crippen LogP) is -0.0699. The molecule has 2 rings (SSSR count). The molecule has 1 aliphatic carbocycles. The molecule has 1 amide bonds. The molecule has 2 atom stereocenters. The van der Waals surface area contributed by atoms with Crippen molar-refractivity contribution in [3.05, 3.63) is 11.8 Å². The Bertz CT molecular complexity index is 249. The van der Waals surface area contributed by atoms with Gasteiger partial charge >= 0.3 is 0 Å². The summed E-state index contributed by atoms with van der Waals surface area (Å²) in [6.45, 7) is 0.593. The van der Waals surface area contributed by atoms with Gasteiger partial charge in [0.15, 0.2) is 0 Å². The Hall–Kier alpha value is -1.03. The van der Waals surface area contributed by atoms with E-state index in [4.69, 9.17) is 4.74 Å². The lowest BCUT2D eigenvalue weighted by Gasteiger charge is -2.32. The van der Waals surface area contributed by atoms with E-state index in [2.05, 4.69) is 5.32 Å². The van der Waals surface area contributed by atoms with E-state index in [0.29, 0.717) is 18.6 Å². The predicted molar refractivity (Wildman–Crippen MR) is 45.8 cm³/mol. The maximum atomic E-state index is 11.4. The second-order valence-electron chi connectivity index (χ2n) is 3.49. The lowest BCUT2D eigenvalue weighted by molar-refractivity contribution is -0.120. The fourth-order valence-electron chi connectivity index (χ4n) is 1.47. The van der Waals surface area contributed by atoms with E-state index in [1.807, 2.05) is 0 Å². The van der Waals surface area contributed by atoms with E-state index in [0.717, 1.165) is 12.8 Å². The van der Waals surface area contributed by atoms with E-state index in [1.165, 1.54) is 6.26 Å². The molecule has 0 aromatic carbocycles. The van der Waals surface area contributed by atoms with Gasteiger partial charge in [-0.1, -0.05) is 0 Å². The molecule has 2 aliphatic rings.